The Balaban J connectivity index is 1.39. The number of carbonyl (C=O) groups excluding carboxylic acids is 1. The van der Waals surface area contributed by atoms with Crippen molar-refractivity contribution in [2.24, 2.45) is 0 Å². The fourth-order valence-corrected chi connectivity index (χ4v) is 4.74. The van der Waals surface area contributed by atoms with Crippen LogP contribution in [0, 0.1) is 0 Å². The first kappa shape index (κ1) is 23.6. The molecule has 3 aromatic carbocycles. The molecule has 0 bridgehead atoms. The molecular formula is C32H28O4. The van der Waals surface area contributed by atoms with Crippen LogP contribution in [0.15, 0.2) is 106 Å². The van der Waals surface area contributed by atoms with Gasteiger partial charge in [0, 0.05) is 24.8 Å². The van der Waals surface area contributed by atoms with E-state index in [9.17, 15) is 9.59 Å². The van der Waals surface area contributed by atoms with Crippen LogP contribution < -0.4 is 10.4 Å². The van der Waals surface area contributed by atoms with E-state index >= 15 is 0 Å². The number of carbonyl (C=O) groups is 1. The van der Waals surface area contributed by atoms with Gasteiger partial charge in [0.05, 0.1) is 5.56 Å². The van der Waals surface area contributed by atoms with E-state index in [1.54, 1.807) is 12.1 Å². The standard InChI is InChI=1S/C32H28O4/c33-26(18-16-23-10-4-1-5-11-23)20-28-21-29(25-14-8-3-9-15-25)31-30(35-28)22-27(36-32(31)34)19-17-24-12-6-2-7-13-24/h1-15,17,19,22,28-29H,16,18,20-21H2/b19-17+/t28-,29-/m1/s1. The SMILES string of the molecule is O=C(CCc1ccccc1)C[C@@H]1C[C@H](c2ccccc2)c2c(cc(/C=C/c3ccccc3)oc2=O)O1. The number of benzene rings is 3. The summed E-state index contributed by atoms with van der Waals surface area (Å²) < 4.78 is 11.9. The molecule has 0 N–H and O–H groups in total. The first-order valence-corrected chi connectivity index (χ1v) is 12.3. The second-order valence-electron chi connectivity index (χ2n) is 9.13. The van der Waals surface area contributed by atoms with Gasteiger partial charge in [-0.25, -0.2) is 4.79 Å². The van der Waals surface area contributed by atoms with Gasteiger partial charge in [-0.05, 0) is 35.6 Å². The molecule has 0 aliphatic carbocycles. The van der Waals surface area contributed by atoms with Crippen LogP contribution in [0.1, 0.15) is 53.2 Å². The van der Waals surface area contributed by atoms with Crippen LogP contribution >= 0.6 is 0 Å². The van der Waals surface area contributed by atoms with Crippen molar-refractivity contribution in [1.29, 1.82) is 0 Å². The molecule has 0 saturated heterocycles. The summed E-state index contributed by atoms with van der Waals surface area (Å²) in [6.07, 6.45) is 5.40. The van der Waals surface area contributed by atoms with Gasteiger partial charge in [0.1, 0.15) is 23.4 Å². The Kier molecular flexibility index (Phi) is 7.23. The monoisotopic (exact) mass is 476 g/mol. The molecule has 5 rings (SSSR count). The van der Waals surface area contributed by atoms with Gasteiger partial charge in [-0.1, -0.05) is 97.1 Å². The normalized spacial score (nSPS) is 16.9. The molecule has 36 heavy (non-hydrogen) atoms. The van der Waals surface area contributed by atoms with Gasteiger partial charge in [-0.15, -0.1) is 0 Å². The van der Waals surface area contributed by atoms with Crippen molar-refractivity contribution in [3.63, 3.8) is 0 Å². The molecule has 0 spiro atoms. The maximum atomic E-state index is 13.1. The third kappa shape index (κ3) is 5.72. The molecule has 4 nitrogen and oxygen atoms in total. The van der Waals surface area contributed by atoms with E-state index in [1.807, 2.05) is 97.1 Å². The molecule has 4 heteroatoms. The van der Waals surface area contributed by atoms with Gasteiger partial charge in [-0.3, -0.25) is 4.79 Å². The van der Waals surface area contributed by atoms with Gasteiger partial charge in [0.2, 0.25) is 0 Å². The minimum Gasteiger partial charge on any atom is -0.489 e. The molecule has 4 aromatic rings. The van der Waals surface area contributed by atoms with Crippen molar-refractivity contribution < 1.29 is 13.9 Å². The average molecular weight is 477 g/mol. The largest absolute Gasteiger partial charge is 0.489 e. The highest BCUT2D eigenvalue weighted by atomic mass is 16.5. The van der Waals surface area contributed by atoms with E-state index in [1.165, 1.54) is 0 Å². The zero-order valence-electron chi connectivity index (χ0n) is 20.0. The van der Waals surface area contributed by atoms with Crippen molar-refractivity contribution >= 4 is 17.9 Å². The zero-order valence-corrected chi connectivity index (χ0v) is 20.0. The molecule has 0 amide bonds. The molecule has 1 aliphatic heterocycles. The van der Waals surface area contributed by atoms with Crippen molar-refractivity contribution in [2.45, 2.75) is 37.7 Å². The Bertz CT molecular complexity index is 1390. The Morgan fingerprint density at radius 1 is 0.861 bits per heavy atom. The van der Waals surface area contributed by atoms with Gasteiger partial charge < -0.3 is 9.15 Å². The van der Waals surface area contributed by atoms with Crippen molar-refractivity contribution in [2.75, 3.05) is 0 Å². The maximum Gasteiger partial charge on any atom is 0.343 e. The van der Waals surface area contributed by atoms with Crippen LogP contribution in [0.5, 0.6) is 5.75 Å². The molecule has 0 radical (unpaired) electrons. The lowest BCUT2D eigenvalue weighted by atomic mass is 9.83. The summed E-state index contributed by atoms with van der Waals surface area (Å²) >= 11 is 0. The average Bonchev–Trinajstić information content (AvgIpc) is 2.92. The Morgan fingerprint density at radius 2 is 1.53 bits per heavy atom. The molecule has 0 saturated carbocycles. The maximum absolute atomic E-state index is 13.1. The summed E-state index contributed by atoms with van der Waals surface area (Å²) in [5.41, 5.74) is 3.29. The fourth-order valence-electron chi connectivity index (χ4n) is 4.74. The fraction of sp³-hybridized carbons (Fsp3) is 0.188. The van der Waals surface area contributed by atoms with Gasteiger partial charge >= 0.3 is 5.63 Å². The van der Waals surface area contributed by atoms with E-state index in [-0.39, 0.29) is 17.8 Å². The minimum atomic E-state index is -0.400. The summed E-state index contributed by atoms with van der Waals surface area (Å²) in [6, 6.07) is 31.5. The van der Waals surface area contributed by atoms with Crippen molar-refractivity contribution in [3.8, 4) is 5.75 Å². The number of hydrogen-bond acceptors (Lipinski definition) is 4. The van der Waals surface area contributed by atoms with E-state index in [0.717, 1.165) is 16.7 Å². The van der Waals surface area contributed by atoms with Crippen LogP contribution in [0.2, 0.25) is 0 Å². The molecule has 1 aliphatic rings. The zero-order chi connectivity index (χ0) is 24.7. The molecule has 0 fully saturated rings. The predicted octanol–water partition coefficient (Wildman–Crippen LogP) is 6.69. The van der Waals surface area contributed by atoms with Crippen LogP contribution in [0.25, 0.3) is 12.2 Å². The van der Waals surface area contributed by atoms with Crippen LogP contribution in [0.4, 0.5) is 0 Å². The number of fused-ring (bicyclic) bond motifs is 1. The molecule has 0 unspecified atom stereocenters. The second kappa shape index (κ2) is 11.0. The highest BCUT2D eigenvalue weighted by Crippen LogP contribution is 2.40. The Hall–Kier alpha value is -4.18. The van der Waals surface area contributed by atoms with Gasteiger partial charge in [-0.2, -0.15) is 0 Å². The lowest BCUT2D eigenvalue weighted by Crippen LogP contribution is -2.32. The Morgan fingerprint density at radius 3 is 2.25 bits per heavy atom. The van der Waals surface area contributed by atoms with E-state index in [2.05, 4.69) is 0 Å². The number of hydrogen-bond donors (Lipinski definition) is 0. The minimum absolute atomic E-state index is 0.159. The lowest BCUT2D eigenvalue weighted by Gasteiger charge is -2.31. The number of ketones is 1. The van der Waals surface area contributed by atoms with E-state index in [4.69, 9.17) is 9.15 Å². The molecule has 180 valence electrons. The summed E-state index contributed by atoms with van der Waals surface area (Å²) in [4.78, 5) is 26.0. The third-order valence-electron chi connectivity index (χ3n) is 6.54. The number of aryl methyl sites for hydroxylation is 1. The molecule has 2 atom stereocenters. The van der Waals surface area contributed by atoms with E-state index in [0.29, 0.717) is 42.8 Å². The molecule has 2 heterocycles. The topological polar surface area (TPSA) is 56.5 Å². The predicted molar refractivity (Wildman–Crippen MR) is 142 cm³/mol. The van der Waals surface area contributed by atoms with Crippen molar-refractivity contribution in [1.82, 2.24) is 0 Å². The second-order valence-corrected chi connectivity index (χ2v) is 9.13. The highest BCUT2D eigenvalue weighted by Gasteiger charge is 2.34. The first-order chi connectivity index (χ1) is 17.7. The molecule has 1 aromatic heterocycles. The summed E-state index contributed by atoms with van der Waals surface area (Å²) in [5.74, 6) is 0.891. The molecular weight excluding hydrogens is 448 g/mol. The lowest BCUT2D eigenvalue weighted by molar-refractivity contribution is -0.120. The smallest absolute Gasteiger partial charge is 0.343 e. The van der Waals surface area contributed by atoms with Crippen LogP contribution in [-0.4, -0.2) is 11.9 Å². The summed E-state index contributed by atoms with van der Waals surface area (Å²) in [7, 11) is 0. The van der Waals surface area contributed by atoms with Crippen LogP contribution in [-0.2, 0) is 11.2 Å². The number of Topliss-reactive ketones (excluding diaryl/α,β-unsaturated/α-hetero) is 1. The third-order valence-corrected chi connectivity index (χ3v) is 6.54. The van der Waals surface area contributed by atoms with Gasteiger partial charge in [0.15, 0.2) is 0 Å². The number of rotatable bonds is 8. The number of ether oxygens (including phenoxy) is 1. The summed E-state index contributed by atoms with van der Waals surface area (Å²) in [5, 5.41) is 0. The van der Waals surface area contributed by atoms with Gasteiger partial charge in [0.25, 0.3) is 0 Å². The first-order valence-electron chi connectivity index (χ1n) is 12.3. The van der Waals surface area contributed by atoms with E-state index < -0.39 is 5.63 Å². The van der Waals surface area contributed by atoms with Crippen molar-refractivity contribution in [3.05, 3.63) is 135 Å². The highest BCUT2D eigenvalue weighted by molar-refractivity contribution is 5.79. The quantitative estimate of drug-likeness (QED) is 0.284. The van der Waals surface area contributed by atoms with Crippen LogP contribution in [0.3, 0.4) is 0 Å². The summed E-state index contributed by atoms with van der Waals surface area (Å²) in [6.45, 7) is 0. The Labute approximate surface area is 210 Å².